The van der Waals surface area contributed by atoms with E-state index in [1.54, 1.807) is 38.5 Å². The molecule has 0 saturated carbocycles. The summed E-state index contributed by atoms with van der Waals surface area (Å²) in [6, 6.07) is 11.5. The number of non-ortho nitro benzene ring substituents is 1. The smallest absolute Gasteiger partial charge is 0.334 e. The number of benzene rings is 3. The molecule has 1 aliphatic heterocycles. The number of ether oxygens (including phenoxy) is 7. The van der Waals surface area contributed by atoms with Crippen molar-refractivity contribution in [1.82, 2.24) is 0 Å². The second kappa shape index (κ2) is 13.5. The molecule has 1 unspecified atom stereocenters. The monoisotopic (exact) mass is 643 g/mol. The Labute approximate surface area is 251 Å². The van der Waals surface area contributed by atoms with Crippen molar-refractivity contribution < 1.29 is 42.9 Å². The van der Waals surface area contributed by atoms with E-state index in [1.807, 2.05) is 12.1 Å². The molecule has 222 valence electrons. The maximum atomic E-state index is 12.9. The fourth-order valence-electron chi connectivity index (χ4n) is 4.63. The lowest BCUT2D eigenvalue weighted by Crippen LogP contribution is -2.09. The molecule has 1 heterocycles. The minimum atomic E-state index is -0.463. The van der Waals surface area contributed by atoms with E-state index in [-0.39, 0.29) is 24.8 Å². The molecule has 1 saturated heterocycles. The van der Waals surface area contributed by atoms with Gasteiger partial charge in [-0.2, -0.15) is 0 Å². The van der Waals surface area contributed by atoms with Crippen molar-refractivity contribution in [3.8, 4) is 34.5 Å². The molecule has 4 rings (SSSR count). The molecular formula is C30H30BrNO10. The fourth-order valence-corrected chi connectivity index (χ4v) is 5.15. The Morgan fingerprint density at radius 1 is 0.881 bits per heavy atom. The molecule has 0 aliphatic carbocycles. The van der Waals surface area contributed by atoms with Crippen molar-refractivity contribution >= 4 is 33.7 Å². The van der Waals surface area contributed by atoms with Crippen molar-refractivity contribution in [2.75, 3.05) is 42.2 Å². The summed E-state index contributed by atoms with van der Waals surface area (Å²) in [6.07, 6.45) is 2.21. The van der Waals surface area contributed by atoms with Crippen molar-refractivity contribution in [3.05, 3.63) is 79.3 Å². The number of nitro groups is 1. The summed E-state index contributed by atoms with van der Waals surface area (Å²) in [5.41, 5.74) is 2.64. The van der Waals surface area contributed by atoms with Gasteiger partial charge in [-0.05, 0) is 75.4 Å². The van der Waals surface area contributed by atoms with Crippen LogP contribution in [0.3, 0.4) is 0 Å². The summed E-state index contributed by atoms with van der Waals surface area (Å²) < 4.78 is 39.6. The Morgan fingerprint density at radius 3 is 2.02 bits per heavy atom. The van der Waals surface area contributed by atoms with E-state index in [2.05, 4.69) is 15.9 Å². The third-order valence-electron chi connectivity index (χ3n) is 6.73. The highest BCUT2D eigenvalue weighted by Gasteiger charge is 2.32. The Hall–Kier alpha value is -4.45. The second-order valence-electron chi connectivity index (χ2n) is 9.19. The third-order valence-corrected chi connectivity index (χ3v) is 7.55. The van der Waals surface area contributed by atoms with Gasteiger partial charge in [0.05, 0.1) is 51.6 Å². The van der Waals surface area contributed by atoms with Gasteiger partial charge < -0.3 is 33.2 Å². The number of hydrogen-bond donors (Lipinski definition) is 0. The molecule has 3 aromatic rings. The quantitative estimate of drug-likeness (QED) is 0.104. The van der Waals surface area contributed by atoms with Gasteiger partial charge in [0.1, 0.15) is 6.61 Å². The molecule has 0 aromatic heterocycles. The van der Waals surface area contributed by atoms with Crippen molar-refractivity contribution in [1.29, 1.82) is 0 Å². The molecule has 1 aliphatic rings. The zero-order chi connectivity index (χ0) is 30.4. The first-order chi connectivity index (χ1) is 20.2. The molecule has 0 radical (unpaired) electrons. The lowest BCUT2D eigenvalue weighted by atomic mass is 9.92. The molecule has 1 atom stereocenters. The summed E-state index contributed by atoms with van der Waals surface area (Å²) in [4.78, 5) is 23.4. The van der Waals surface area contributed by atoms with E-state index in [9.17, 15) is 14.9 Å². The van der Waals surface area contributed by atoms with Crippen LogP contribution in [0.15, 0.2) is 52.5 Å². The molecular weight excluding hydrogens is 614 g/mol. The first-order valence-electron chi connectivity index (χ1n) is 12.7. The van der Waals surface area contributed by atoms with Crippen molar-refractivity contribution in [2.24, 2.45) is 5.92 Å². The molecule has 0 N–H and O–H groups in total. The SMILES string of the molecule is COc1cc(CC2COC(=O)/C2=C/c2cc(OC)c(OC)c(OCc3ccc([N+](=O)[O-])cc3)c2Br)cc(OC)c1OC. The predicted molar refractivity (Wildman–Crippen MR) is 157 cm³/mol. The third kappa shape index (κ3) is 6.38. The first-order valence-corrected chi connectivity index (χ1v) is 13.5. The van der Waals surface area contributed by atoms with Crippen LogP contribution in [0.2, 0.25) is 0 Å². The molecule has 1 fully saturated rings. The Balaban J connectivity index is 1.68. The van der Waals surface area contributed by atoms with Crippen LogP contribution < -0.4 is 28.4 Å². The molecule has 0 bridgehead atoms. The molecule has 12 heteroatoms. The number of methoxy groups -OCH3 is 5. The standard InChI is InChI=1S/C30H30BrNO10/c1-36-23-11-18(12-24(37-2)27(23)39-4)10-20-16-42-30(33)22(20)13-19-14-25(38-3)28(40-5)29(26(19)31)41-15-17-6-8-21(9-7-17)32(34)35/h6-9,11-14,20H,10,15-16H2,1-5H3/b22-13+. The van der Waals surface area contributed by atoms with Gasteiger partial charge in [-0.25, -0.2) is 4.79 Å². The van der Waals surface area contributed by atoms with Gasteiger partial charge in [0.2, 0.25) is 11.5 Å². The number of carbonyl (C=O) groups is 1. The highest BCUT2D eigenvalue weighted by Crippen LogP contribution is 2.47. The predicted octanol–water partition coefficient (Wildman–Crippen LogP) is 5.78. The van der Waals surface area contributed by atoms with Crippen LogP contribution in [0.4, 0.5) is 5.69 Å². The van der Waals surface area contributed by atoms with E-state index in [0.717, 1.165) is 5.56 Å². The first kappa shape index (κ1) is 30.5. The van der Waals surface area contributed by atoms with Gasteiger partial charge in [0.25, 0.3) is 5.69 Å². The Morgan fingerprint density at radius 2 is 1.48 bits per heavy atom. The van der Waals surface area contributed by atoms with Crippen LogP contribution in [0, 0.1) is 16.0 Å². The number of esters is 1. The van der Waals surface area contributed by atoms with Gasteiger partial charge in [0.15, 0.2) is 23.0 Å². The van der Waals surface area contributed by atoms with Gasteiger partial charge in [-0.3, -0.25) is 10.1 Å². The van der Waals surface area contributed by atoms with Gasteiger partial charge >= 0.3 is 5.97 Å². The number of hydrogen-bond acceptors (Lipinski definition) is 10. The number of cyclic esters (lactones) is 1. The number of nitro benzene ring substituents is 1. The van der Waals surface area contributed by atoms with Crippen LogP contribution in [-0.2, 0) is 22.6 Å². The lowest BCUT2D eigenvalue weighted by Gasteiger charge is -2.18. The average molecular weight is 644 g/mol. The van der Waals surface area contributed by atoms with Crippen LogP contribution >= 0.6 is 15.9 Å². The summed E-state index contributed by atoms with van der Waals surface area (Å²) in [5.74, 6) is 1.89. The van der Waals surface area contributed by atoms with Gasteiger partial charge in [-0.15, -0.1) is 0 Å². The fraction of sp³-hybridized carbons (Fsp3) is 0.300. The molecule has 42 heavy (non-hydrogen) atoms. The lowest BCUT2D eigenvalue weighted by molar-refractivity contribution is -0.384. The van der Waals surface area contributed by atoms with Crippen LogP contribution in [0.25, 0.3) is 6.08 Å². The minimum absolute atomic E-state index is 0.0164. The van der Waals surface area contributed by atoms with E-state index in [4.69, 9.17) is 33.2 Å². The second-order valence-corrected chi connectivity index (χ2v) is 9.98. The van der Waals surface area contributed by atoms with Crippen LogP contribution in [0.5, 0.6) is 34.5 Å². The topological polar surface area (TPSA) is 125 Å². The number of nitrogens with zero attached hydrogens (tertiary/aromatic N) is 1. The van der Waals surface area contributed by atoms with Crippen molar-refractivity contribution in [2.45, 2.75) is 13.0 Å². The van der Waals surface area contributed by atoms with Crippen LogP contribution in [-0.4, -0.2) is 53.0 Å². The highest BCUT2D eigenvalue weighted by molar-refractivity contribution is 9.10. The van der Waals surface area contributed by atoms with E-state index in [0.29, 0.717) is 62.1 Å². The molecule has 3 aromatic carbocycles. The average Bonchev–Trinajstić information content (AvgIpc) is 3.34. The normalized spacial score (nSPS) is 15.2. The van der Waals surface area contributed by atoms with E-state index in [1.165, 1.54) is 33.5 Å². The van der Waals surface area contributed by atoms with Crippen LogP contribution in [0.1, 0.15) is 16.7 Å². The number of halogens is 1. The maximum absolute atomic E-state index is 12.9. The van der Waals surface area contributed by atoms with E-state index < -0.39 is 10.9 Å². The summed E-state index contributed by atoms with van der Waals surface area (Å²) in [7, 11) is 7.62. The largest absolute Gasteiger partial charge is 0.493 e. The molecule has 0 amide bonds. The summed E-state index contributed by atoms with van der Waals surface area (Å²) in [5, 5.41) is 11.0. The molecule has 0 spiro atoms. The van der Waals surface area contributed by atoms with Crippen molar-refractivity contribution in [3.63, 3.8) is 0 Å². The minimum Gasteiger partial charge on any atom is -0.493 e. The van der Waals surface area contributed by atoms with Gasteiger partial charge in [-0.1, -0.05) is 0 Å². The highest BCUT2D eigenvalue weighted by atomic mass is 79.9. The zero-order valence-corrected chi connectivity index (χ0v) is 25.3. The Kier molecular flexibility index (Phi) is 9.79. The summed E-state index contributed by atoms with van der Waals surface area (Å²) in [6.45, 7) is 0.303. The zero-order valence-electron chi connectivity index (χ0n) is 23.7. The summed E-state index contributed by atoms with van der Waals surface area (Å²) >= 11 is 3.61. The number of rotatable bonds is 12. The molecule has 11 nitrogen and oxygen atoms in total. The van der Waals surface area contributed by atoms with Gasteiger partial charge in [0, 0.05) is 23.6 Å². The number of carbonyl (C=O) groups excluding carboxylic acids is 1. The maximum Gasteiger partial charge on any atom is 0.334 e. The van der Waals surface area contributed by atoms with E-state index >= 15 is 0 Å². The Bertz CT molecular complexity index is 1480.